The van der Waals surface area contributed by atoms with Gasteiger partial charge in [-0.25, -0.2) is 0 Å². The van der Waals surface area contributed by atoms with Gasteiger partial charge in [0.2, 0.25) is 0 Å². The van der Waals surface area contributed by atoms with E-state index in [9.17, 15) is 0 Å². The lowest BCUT2D eigenvalue weighted by molar-refractivity contribution is 0.138. The molecule has 1 aliphatic rings. The molecule has 16 heavy (non-hydrogen) atoms. The van der Waals surface area contributed by atoms with Gasteiger partial charge in [0.15, 0.2) is 0 Å². The van der Waals surface area contributed by atoms with Crippen LogP contribution in [0.25, 0.3) is 0 Å². The van der Waals surface area contributed by atoms with Gasteiger partial charge in [0, 0.05) is 19.3 Å². The zero-order valence-electron chi connectivity index (χ0n) is 9.99. The Labute approximate surface area is 97.8 Å². The first-order valence-electron chi connectivity index (χ1n) is 6.22. The monoisotopic (exact) mass is 219 g/mol. The molecular weight excluding hydrogens is 198 g/mol. The fourth-order valence-corrected chi connectivity index (χ4v) is 2.44. The second kappa shape index (κ2) is 5.46. The molecule has 88 valence electrons. The van der Waals surface area contributed by atoms with Crippen LogP contribution in [0.1, 0.15) is 36.8 Å². The molecule has 0 bridgehead atoms. The molecule has 0 saturated heterocycles. The predicted octanol–water partition coefficient (Wildman–Crippen LogP) is 2.47. The molecule has 2 heteroatoms. The van der Waals surface area contributed by atoms with Gasteiger partial charge in [-0.2, -0.15) is 0 Å². The van der Waals surface area contributed by atoms with Gasteiger partial charge in [0.05, 0.1) is 0 Å². The lowest BCUT2D eigenvalue weighted by Gasteiger charge is -2.32. The SMILES string of the molecule is CCOCCC(N)CC1Cc2ccccc21. The molecule has 0 saturated carbocycles. The van der Waals surface area contributed by atoms with Crippen molar-refractivity contribution in [2.24, 2.45) is 5.73 Å². The van der Waals surface area contributed by atoms with Crippen LogP contribution in [0.3, 0.4) is 0 Å². The van der Waals surface area contributed by atoms with Crippen LogP contribution < -0.4 is 5.73 Å². The average Bonchev–Trinajstić information content (AvgIpc) is 2.26. The quantitative estimate of drug-likeness (QED) is 0.746. The summed E-state index contributed by atoms with van der Waals surface area (Å²) in [6.07, 6.45) is 3.29. The minimum atomic E-state index is 0.282. The van der Waals surface area contributed by atoms with Gasteiger partial charge in [-0.05, 0) is 43.2 Å². The lowest BCUT2D eigenvalue weighted by atomic mass is 9.74. The number of benzene rings is 1. The number of ether oxygens (including phenoxy) is 1. The maximum atomic E-state index is 6.10. The normalized spacial score (nSPS) is 20.0. The number of hydrogen-bond donors (Lipinski definition) is 1. The van der Waals surface area contributed by atoms with Crippen molar-refractivity contribution < 1.29 is 4.74 Å². The molecule has 0 amide bonds. The standard InChI is InChI=1S/C14H21NO/c1-2-16-8-7-13(15)10-12-9-11-5-3-4-6-14(11)12/h3-6,12-13H,2,7-10,15H2,1H3. The Morgan fingerprint density at radius 1 is 1.44 bits per heavy atom. The van der Waals surface area contributed by atoms with E-state index in [-0.39, 0.29) is 6.04 Å². The van der Waals surface area contributed by atoms with E-state index in [1.165, 1.54) is 17.5 Å². The van der Waals surface area contributed by atoms with Crippen molar-refractivity contribution in [1.82, 2.24) is 0 Å². The first-order valence-corrected chi connectivity index (χ1v) is 6.22. The van der Waals surface area contributed by atoms with Crippen LogP contribution in [0.4, 0.5) is 0 Å². The molecule has 0 spiro atoms. The molecule has 0 radical (unpaired) electrons. The van der Waals surface area contributed by atoms with Crippen molar-refractivity contribution in [1.29, 1.82) is 0 Å². The summed E-state index contributed by atoms with van der Waals surface area (Å²) in [5.41, 5.74) is 9.11. The molecule has 1 aromatic carbocycles. The summed E-state index contributed by atoms with van der Waals surface area (Å²) in [5, 5.41) is 0. The van der Waals surface area contributed by atoms with Gasteiger partial charge in [-0.15, -0.1) is 0 Å². The number of hydrogen-bond acceptors (Lipinski definition) is 2. The molecule has 0 heterocycles. The van der Waals surface area contributed by atoms with E-state index in [4.69, 9.17) is 10.5 Å². The number of nitrogens with two attached hydrogens (primary N) is 1. The Bertz CT molecular complexity index is 337. The van der Waals surface area contributed by atoms with Gasteiger partial charge < -0.3 is 10.5 Å². The van der Waals surface area contributed by atoms with E-state index in [0.29, 0.717) is 5.92 Å². The maximum Gasteiger partial charge on any atom is 0.0480 e. The Kier molecular flexibility index (Phi) is 3.97. The third-order valence-corrected chi connectivity index (χ3v) is 3.39. The van der Waals surface area contributed by atoms with Crippen molar-refractivity contribution in [3.8, 4) is 0 Å². The summed E-state index contributed by atoms with van der Waals surface area (Å²) in [6, 6.07) is 8.97. The topological polar surface area (TPSA) is 35.2 Å². The number of fused-ring (bicyclic) bond motifs is 1. The van der Waals surface area contributed by atoms with Crippen LogP contribution in [0, 0.1) is 0 Å². The van der Waals surface area contributed by atoms with E-state index in [0.717, 1.165) is 26.1 Å². The Hall–Kier alpha value is -0.860. The molecule has 0 aromatic heterocycles. The first-order chi connectivity index (χ1) is 7.81. The van der Waals surface area contributed by atoms with Crippen LogP contribution in [-0.2, 0) is 11.2 Å². The van der Waals surface area contributed by atoms with Gasteiger partial charge in [0.1, 0.15) is 0 Å². The van der Waals surface area contributed by atoms with Crippen LogP contribution in [0.2, 0.25) is 0 Å². The Morgan fingerprint density at radius 3 is 3.00 bits per heavy atom. The molecule has 0 fully saturated rings. The van der Waals surface area contributed by atoms with E-state index in [1.54, 1.807) is 0 Å². The highest BCUT2D eigenvalue weighted by Gasteiger charge is 2.26. The molecule has 1 aromatic rings. The van der Waals surface area contributed by atoms with E-state index < -0.39 is 0 Å². The summed E-state index contributed by atoms with van der Waals surface area (Å²) < 4.78 is 5.33. The largest absolute Gasteiger partial charge is 0.382 e. The second-order valence-electron chi connectivity index (χ2n) is 4.58. The summed E-state index contributed by atoms with van der Waals surface area (Å²) in [4.78, 5) is 0. The van der Waals surface area contributed by atoms with Gasteiger partial charge in [-0.3, -0.25) is 0 Å². The summed E-state index contributed by atoms with van der Waals surface area (Å²) in [6.45, 7) is 3.61. The van der Waals surface area contributed by atoms with E-state index >= 15 is 0 Å². The highest BCUT2D eigenvalue weighted by atomic mass is 16.5. The van der Waals surface area contributed by atoms with Crippen LogP contribution in [0.5, 0.6) is 0 Å². The van der Waals surface area contributed by atoms with E-state index in [1.807, 2.05) is 6.92 Å². The van der Waals surface area contributed by atoms with E-state index in [2.05, 4.69) is 24.3 Å². The Morgan fingerprint density at radius 2 is 2.25 bits per heavy atom. The molecule has 2 atom stereocenters. The highest BCUT2D eigenvalue weighted by molar-refractivity contribution is 5.39. The third kappa shape index (κ3) is 2.63. The van der Waals surface area contributed by atoms with Crippen molar-refractivity contribution in [3.05, 3.63) is 35.4 Å². The highest BCUT2D eigenvalue weighted by Crippen LogP contribution is 2.37. The smallest absolute Gasteiger partial charge is 0.0480 e. The fraction of sp³-hybridized carbons (Fsp3) is 0.571. The minimum Gasteiger partial charge on any atom is -0.382 e. The van der Waals surface area contributed by atoms with Crippen molar-refractivity contribution in [2.45, 2.75) is 38.1 Å². The Balaban J connectivity index is 1.76. The molecule has 2 rings (SSSR count). The van der Waals surface area contributed by atoms with Gasteiger partial charge in [0.25, 0.3) is 0 Å². The molecular formula is C14H21NO. The van der Waals surface area contributed by atoms with Crippen LogP contribution in [-0.4, -0.2) is 19.3 Å². The van der Waals surface area contributed by atoms with Gasteiger partial charge >= 0.3 is 0 Å². The maximum absolute atomic E-state index is 6.10. The minimum absolute atomic E-state index is 0.282. The molecule has 0 aliphatic heterocycles. The third-order valence-electron chi connectivity index (χ3n) is 3.39. The average molecular weight is 219 g/mol. The molecule has 2 nitrogen and oxygen atoms in total. The lowest BCUT2D eigenvalue weighted by Crippen LogP contribution is -2.29. The predicted molar refractivity (Wildman–Crippen MR) is 66.6 cm³/mol. The van der Waals surface area contributed by atoms with Crippen molar-refractivity contribution in [3.63, 3.8) is 0 Å². The zero-order valence-corrected chi connectivity index (χ0v) is 9.99. The number of rotatable bonds is 6. The summed E-state index contributed by atoms with van der Waals surface area (Å²) in [5.74, 6) is 0.688. The zero-order chi connectivity index (χ0) is 11.4. The molecule has 2 unspecified atom stereocenters. The summed E-state index contributed by atoms with van der Waals surface area (Å²) >= 11 is 0. The van der Waals surface area contributed by atoms with Crippen LogP contribution >= 0.6 is 0 Å². The van der Waals surface area contributed by atoms with Crippen molar-refractivity contribution in [2.75, 3.05) is 13.2 Å². The fourth-order valence-electron chi connectivity index (χ4n) is 2.44. The van der Waals surface area contributed by atoms with Crippen molar-refractivity contribution >= 4 is 0 Å². The molecule has 1 aliphatic carbocycles. The van der Waals surface area contributed by atoms with Crippen LogP contribution in [0.15, 0.2) is 24.3 Å². The summed E-state index contributed by atoms with van der Waals surface area (Å²) in [7, 11) is 0. The second-order valence-corrected chi connectivity index (χ2v) is 4.58. The first kappa shape index (κ1) is 11.6. The molecule has 2 N–H and O–H groups in total. The van der Waals surface area contributed by atoms with Gasteiger partial charge in [-0.1, -0.05) is 24.3 Å².